The first-order valence-electron chi connectivity index (χ1n) is 10.5. The van der Waals surface area contributed by atoms with Crippen molar-refractivity contribution in [3.05, 3.63) is 64.2 Å². The van der Waals surface area contributed by atoms with Gasteiger partial charge in [0.15, 0.2) is 0 Å². The van der Waals surface area contributed by atoms with Crippen LogP contribution in [0.1, 0.15) is 41.3 Å². The first-order chi connectivity index (χ1) is 15.2. The van der Waals surface area contributed by atoms with E-state index in [4.69, 9.17) is 16.3 Å². The standard InChI is InChI=1S/C23H27ClN2O5S/c1-3-31-23(28)19-8-9-21(20(24)14-19)25-22(27)18-10-12-26(13-11-18)32(29,30)15-17-6-4-16(2)5-7-17/h4-9,14,18H,3,10-13,15H2,1-2H3,(H,25,27). The lowest BCUT2D eigenvalue weighted by atomic mass is 9.97. The summed E-state index contributed by atoms with van der Waals surface area (Å²) in [5.41, 5.74) is 2.53. The molecular formula is C23H27ClN2O5S. The molecule has 172 valence electrons. The molecule has 1 aliphatic rings. The zero-order chi connectivity index (χ0) is 23.3. The van der Waals surface area contributed by atoms with Crippen LogP contribution in [0, 0.1) is 12.8 Å². The molecule has 1 aliphatic heterocycles. The van der Waals surface area contributed by atoms with Crippen LogP contribution in [-0.4, -0.2) is 44.3 Å². The maximum absolute atomic E-state index is 12.8. The molecule has 1 saturated heterocycles. The van der Waals surface area contributed by atoms with Gasteiger partial charge in [-0.15, -0.1) is 0 Å². The molecule has 0 spiro atoms. The Morgan fingerprint density at radius 3 is 2.38 bits per heavy atom. The van der Waals surface area contributed by atoms with Gasteiger partial charge in [0.25, 0.3) is 0 Å². The minimum Gasteiger partial charge on any atom is -0.462 e. The minimum absolute atomic E-state index is 0.0490. The minimum atomic E-state index is -3.44. The van der Waals surface area contributed by atoms with Crippen LogP contribution in [0.2, 0.25) is 5.02 Å². The van der Waals surface area contributed by atoms with E-state index in [-0.39, 0.29) is 29.2 Å². The highest BCUT2D eigenvalue weighted by Crippen LogP contribution is 2.27. The lowest BCUT2D eigenvalue weighted by Gasteiger charge is -2.30. The Kier molecular flexibility index (Phi) is 7.92. The first-order valence-corrected chi connectivity index (χ1v) is 12.5. The summed E-state index contributed by atoms with van der Waals surface area (Å²) in [5.74, 6) is -1.06. The van der Waals surface area contributed by atoms with Gasteiger partial charge >= 0.3 is 5.97 Å². The number of rotatable bonds is 7. The Balaban J connectivity index is 1.56. The van der Waals surface area contributed by atoms with E-state index in [1.165, 1.54) is 10.4 Å². The van der Waals surface area contributed by atoms with Crippen LogP contribution in [0.15, 0.2) is 42.5 Å². The number of hydrogen-bond donors (Lipinski definition) is 1. The number of carbonyl (C=O) groups is 2. The Bertz CT molecular complexity index is 1080. The van der Waals surface area contributed by atoms with Crippen molar-refractivity contribution in [2.24, 2.45) is 5.92 Å². The number of hydrogen-bond acceptors (Lipinski definition) is 5. The van der Waals surface area contributed by atoms with Gasteiger partial charge in [-0.1, -0.05) is 41.4 Å². The summed E-state index contributed by atoms with van der Waals surface area (Å²) >= 11 is 6.22. The SMILES string of the molecule is CCOC(=O)c1ccc(NC(=O)C2CCN(S(=O)(=O)Cc3ccc(C)cc3)CC2)c(Cl)c1. The van der Waals surface area contributed by atoms with E-state index in [1.54, 1.807) is 19.1 Å². The molecule has 1 heterocycles. The summed E-state index contributed by atoms with van der Waals surface area (Å²) in [4.78, 5) is 24.5. The van der Waals surface area contributed by atoms with Crippen LogP contribution in [-0.2, 0) is 25.3 Å². The van der Waals surface area contributed by atoms with Gasteiger partial charge in [0, 0.05) is 19.0 Å². The highest BCUT2D eigenvalue weighted by Gasteiger charge is 2.31. The number of esters is 1. The molecule has 1 amide bonds. The Morgan fingerprint density at radius 2 is 1.78 bits per heavy atom. The van der Waals surface area contributed by atoms with Gasteiger partial charge in [0.2, 0.25) is 15.9 Å². The Morgan fingerprint density at radius 1 is 1.12 bits per heavy atom. The topological polar surface area (TPSA) is 92.8 Å². The molecule has 0 aliphatic carbocycles. The molecule has 0 aromatic heterocycles. The molecule has 7 nitrogen and oxygen atoms in total. The number of ether oxygens (including phenoxy) is 1. The van der Waals surface area contributed by atoms with Crippen molar-refractivity contribution in [2.45, 2.75) is 32.4 Å². The van der Waals surface area contributed by atoms with E-state index in [1.807, 2.05) is 31.2 Å². The number of carbonyl (C=O) groups excluding carboxylic acids is 2. The fourth-order valence-electron chi connectivity index (χ4n) is 3.58. The van der Waals surface area contributed by atoms with E-state index in [9.17, 15) is 18.0 Å². The van der Waals surface area contributed by atoms with E-state index in [0.717, 1.165) is 11.1 Å². The fourth-order valence-corrected chi connectivity index (χ4v) is 5.37. The van der Waals surface area contributed by atoms with E-state index >= 15 is 0 Å². The second kappa shape index (κ2) is 10.5. The summed E-state index contributed by atoms with van der Waals surface area (Å²) in [6.45, 7) is 4.52. The molecule has 2 aromatic rings. The van der Waals surface area contributed by atoms with Gasteiger partial charge in [-0.2, -0.15) is 0 Å². The molecule has 3 rings (SSSR count). The average molecular weight is 479 g/mol. The van der Waals surface area contributed by atoms with Gasteiger partial charge in [-0.05, 0) is 50.5 Å². The van der Waals surface area contributed by atoms with Gasteiger partial charge < -0.3 is 10.1 Å². The normalized spacial score (nSPS) is 15.3. The second-order valence-corrected chi connectivity index (χ2v) is 10.2. The van der Waals surface area contributed by atoms with Crippen molar-refractivity contribution in [3.63, 3.8) is 0 Å². The molecule has 0 saturated carbocycles. The molecule has 0 unspecified atom stereocenters. The summed E-state index contributed by atoms with van der Waals surface area (Å²) in [7, 11) is -3.44. The maximum Gasteiger partial charge on any atom is 0.338 e. The smallest absolute Gasteiger partial charge is 0.338 e. The molecule has 32 heavy (non-hydrogen) atoms. The van der Waals surface area contributed by atoms with E-state index in [0.29, 0.717) is 37.2 Å². The zero-order valence-corrected chi connectivity index (χ0v) is 19.7. The van der Waals surface area contributed by atoms with Gasteiger partial charge in [0.1, 0.15) is 0 Å². The van der Waals surface area contributed by atoms with Crippen molar-refractivity contribution in [1.82, 2.24) is 4.31 Å². The number of benzene rings is 2. The van der Waals surface area contributed by atoms with Crippen molar-refractivity contribution in [1.29, 1.82) is 0 Å². The number of piperidine rings is 1. The fraction of sp³-hybridized carbons (Fsp3) is 0.391. The van der Waals surface area contributed by atoms with Gasteiger partial charge in [0.05, 0.1) is 28.6 Å². The van der Waals surface area contributed by atoms with Crippen LogP contribution >= 0.6 is 11.6 Å². The third-order valence-corrected chi connectivity index (χ3v) is 7.59. The summed E-state index contributed by atoms with van der Waals surface area (Å²) < 4.78 is 31.9. The molecule has 1 fully saturated rings. The highest BCUT2D eigenvalue weighted by molar-refractivity contribution is 7.88. The van der Waals surface area contributed by atoms with Crippen LogP contribution in [0.4, 0.5) is 5.69 Å². The molecular weight excluding hydrogens is 452 g/mol. The van der Waals surface area contributed by atoms with Crippen molar-refractivity contribution in [2.75, 3.05) is 25.0 Å². The number of amides is 1. The first kappa shape index (κ1) is 24.2. The molecule has 2 aromatic carbocycles. The van der Waals surface area contributed by atoms with Crippen LogP contribution in [0.25, 0.3) is 0 Å². The summed E-state index contributed by atoms with van der Waals surface area (Å²) in [6, 6.07) is 12.0. The molecule has 0 bridgehead atoms. The number of halogens is 1. The van der Waals surface area contributed by atoms with E-state index < -0.39 is 16.0 Å². The largest absolute Gasteiger partial charge is 0.462 e. The zero-order valence-electron chi connectivity index (χ0n) is 18.1. The van der Waals surface area contributed by atoms with Crippen LogP contribution < -0.4 is 5.32 Å². The van der Waals surface area contributed by atoms with Crippen LogP contribution in [0.3, 0.4) is 0 Å². The number of nitrogens with zero attached hydrogens (tertiary/aromatic N) is 1. The third-order valence-electron chi connectivity index (χ3n) is 5.43. The van der Waals surface area contributed by atoms with Crippen molar-refractivity contribution in [3.8, 4) is 0 Å². The Labute approximate surface area is 193 Å². The van der Waals surface area contributed by atoms with Crippen molar-refractivity contribution >= 4 is 39.2 Å². The quantitative estimate of drug-likeness (QED) is 0.607. The van der Waals surface area contributed by atoms with Gasteiger partial charge in [-0.3, -0.25) is 4.79 Å². The lowest BCUT2D eigenvalue weighted by molar-refractivity contribution is -0.120. The second-order valence-electron chi connectivity index (χ2n) is 7.82. The average Bonchev–Trinajstić information content (AvgIpc) is 2.77. The molecule has 0 atom stereocenters. The summed E-state index contributed by atoms with van der Waals surface area (Å²) in [6.07, 6.45) is 0.856. The predicted octanol–water partition coefficient (Wildman–Crippen LogP) is 4.01. The maximum atomic E-state index is 12.8. The molecule has 1 N–H and O–H groups in total. The number of anilines is 1. The predicted molar refractivity (Wildman–Crippen MR) is 124 cm³/mol. The monoisotopic (exact) mass is 478 g/mol. The highest BCUT2D eigenvalue weighted by atomic mass is 35.5. The Hall–Kier alpha value is -2.42. The van der Waals surface area contributed by atoms with E-state index in [2.05, 4.69) is 5.32 Å². The van der Waals surface area contributed by atoms with Gasteiger partial charge in [-0.25, -0.2) is 17.5 Å². The number of nitrogens with one attached hydrogen (secondary N) is 1. The summed E-state index contributed by atoms with van der Waals surface area (Å²) in [5, 5.41) is 3.02. The number of sulfonamides is 1. The number of aryl methyl sites for hydroxylation is 1. The lowest BCUT2D eigenvalue weighted by Crippen LogP contribution is -2.41. The molecule has 0 radical (unpaired) electrons. The van der Waals surface area contributed by atoms with Crippen molar-refractivity contribution < 1.29 is 22.7 Å². The third kappa shape index (κ3) is 6.09. The van der Waals surface area contributed by atoms with Crippen LogP contribution in [0.5, 0.6) is 0 Å². The molecule has 9 heteroatoms.